The molecule has 5 aromatic rings. The average molecular weight is 481 g/mol. The van der Waals surface area contributed by atoms with Crippen LogP contribution < -0.4 is 21.7 Å². The number of hydrogen-bond acceptors (Lipinski definition) is 3. The van der Waals surface area contributed by atoms with Gasteiger partial charge in [0.05, 0.1) is 13.3 Å². The van der Waals surface area contributed by atoms with Gasteiger partial charge in [0, 0.05) is 28.8 Å². The molecule has 2 aromatic heterocycles. The van der Waals surface area contributed by atoms with Crippen molar-refractivity contribution >= 4 is 12.2 Å². The van der Waals surface area contributed by atoms with Gasteiger partial charge in [-0.3, -0.25) is 0 Å². The largest absolute Gasteiger partial charge is 1.00 e. The molecular formula is C30H25ClN2O2. The molecule has 174 valence electrons. The van der Waals surface area contributed by atoms with E-state index in [0.29, 0.717) is 5.89 Å². The first-order valence-electron chi connectivity index (χ1n) is 11.2. The van der Waals surface area contributed by atoms with Crippen LogP contribution in [0, 0.1) is 0 Å². The zero-order valence-corrected chi connectivity index (χ0v) is 20.1. The number of benzene rings is 3. The molecule has 0 radical (unpaired) electrons. The third-order valence-electron chi connectivity index (χ3n) is 5.63. The molecule has 0 fully saturated rings. The Hall–Kier alpha value is -4.15. The van der Waals surface area contributed by atoms with Gasteiger partial charge in [0.15, 0.2) is 24.7 Å². The smallest absolute Gasteiger partial charge is 0.227 e. The second-order valence-corrected chi connectivity index (χ2v) is 8.00. The van der Waals surface area contributed by atoms with Crippen LogP contribution in [-0.4, -0.2) is 12.1 Å². The second-order valence-electron chi connectivity index (χ2n) is 8.00. The van der Waals surface area contributed by atoms with Crippen LogP contribution in [-0.2, 0) is 6.54 Å². The lowest BCUT2D eigenvalue weighted by atomic mass is 10.1. The number of nitrogens with zero attached hydrogens (tertiary/aromatic N) is 2. The Labute approximate surface area is 211 Å². The summed E-state index contributed by atoms with van der Waals surface area (Å²) >= 11 is 0. The number of ether oxygens (including phenoxy) is 1. The Morgan fingerprint density at radius 3 is 2.09 bits per heavy atom. The zero-order chi connectivity index (χ0) is 23.2. The van der Waals surface area contributed by atoms with E-state index in [1.54, 1.807) is 13.3 Å². The van der Waals surface area contributed by atoms with Crippen LogP contribution in [0.15, 0.2) is 114 Å². The third-order valence-corrected chi connectivity index (χ3v) is 5.63. The summed E-state index contributed by atoms with van der Waals surface area (Å²) in [4.78, 5) is 4.45. The van der Waals surface area contributed by atoms with E-state index < -0.39 is 0 Å². The molecule has 35 heavy (non-hydrogen) atoms. The minimum absolute atomic E-state index is 0. The first-order chi connectivity index (χ1) is 16.8. The molecule has 5 rings (SSSR count). The minimum atomic E-state index is 0. The summed E-state index contributed by atoms with van der Waals surface area (Å²) in [6.45, 7) is 0.797. The summed E-state index contributed by atoms with van der Waals surface area (Å²) in [7, 11) is 1.66. The lowest BCUT2D eigenvalue weighted by Gasteiger charge is -2.01. The number of halogens is 1. The number of rotatable bonds is 7. The van der Waals surface area contributed by atoms with Crippen molar-refractivity contribution in [2.45, 2.75) is 6.54 Å². The average Bonchev–Trinajstić information content (AvgIpc) is 3.40. The molecule has 0 saturated heterocycles. The maximum absolute atomic E-state index is 5.99. The summed E-state index contributed by atoms with van der Waals surface area (Å²) in [6, 6.07) is 30.8. The fourth-order valence-electron chi connectivity index (χ4n) is 3.70. The topological polar surface area (TPSA) is 39.1 Å². The molecule has 4 nitrogen and oxygen atoms in total. The quantitative estimate of drug-likeness (QED) is 0.264. The van der Waals surface area contributed by atoms with Crippen molar-refractivity contribution in [3.05, 3.63) is 126 Å². The van der Waals surface area contributed by atoms with Crippen molar-refractivity contribution in [3.8, 4) is 28.5 Å². The Bertz CT molecular complexity index is 1380. The van der Waals surface area contributed by atoms with E-state index in [4.69, 9.17) is 9.15 Å². The van der Waals surface area contributed by atoms with Gasteiger partial charge in [-0.15, -0.1) is 0 Å². The van der Waals surface area contributed by atoms with Crippen molar-refractivity contribution in [3.63, 3.8) is 0 Å². The number of methoxy groups -OCH3 is 1. The molecule has 0 spiro atoms. The van der Waals surface area contributed by atoms with Crippen LogP contribution in [0.3, 0.4) is 0 Å². The van der Waals surface area contributed by atoms with E-state index >= 15 is 0 Å². The zero-order valence-electron chi connectivity index (χ0n) is 19.3. The summed E-state index contributed by atoms with van der Waals surface area (Å²) in [5.74, 6) is 2.15. The highest BCUT2D eigenvalue weighted by Gasteiger charge is 2.11. The van der Waals surface area contributed by atoms with Crippen molar-refractivity contribution in [2.75, 3.05) is 7.11 Å². The predicted octanol–water partition coefficient (Wildman–Crippen LogP) is 3.53. The molecule has 5 heteroatoms. The molecule has 0 bridgehead atoms. The highest BCUT2D eigenvalue weighted by Crippen LogP contribution is 2.27. The van der Waals surface area contributed by atoms with Crippen molar-refractivity contribution in [2.24, 2.45) is 0 Å². The minimum Gasteiger partial charge on any atom is -1.00 e. The van der Waals surface area contributed by atoms with Gasteiger partial charge in [-0.25, -0.2) is 9.55 Å². The molecule has 0 aliphatic heterocycles. The molecule has 2 heterocycles. The van der Waals surface area contributed by atoms with Crippen LogP contribution in [0.2, 0.25) is 0 Å². The predicted molar refractivity (Wildman–Crippen MR) is 135 cm³/mol. The van der Waals surface area contributed by atoms with Gasteiger partial charge in [0.1, 0.15) is 5.75 Å². The number of hydrogen-bond donors (Lipinski definition) is 0. The van der Waals surface area contributed by atoms with Gasteiger partial charge in [-0.05, 0) is 35.4 Å². The third kappa shape index (κ3) is 6.05. The fourth-order valence-corrected chi connectivity index (χ4v) is 3.70. The molecule has 0 aliphatic carbocycles. The second kappa shape index (κ2) is 11.3. The van der Waals surface area contributed by atoms with Gasteiger partial charge < -0.3 is 21.6 Å². The Morgan fingerprint density at radius 2 is 1.43 bits per heavy atom. The monoisotopic (exact) mass is 480 g/mol. The molecule has 0 unspecified atom stereocenters. The number of aromatic nitrogens is 2. The lowest BCUT2D eigenvalue weighted by Crippen LogP contribution is -3.00. The summed E-state index contributed by atoms with van der Waals surface area (Å²) in [5.41, 5.74) is 5.53. The van der Waals surface area contributed by atoms with Gasteiger partial charge >= 0.3 is 0 Å². The van der Waals surface area contributed by atoms with E-state index in [1.165, 1.54) is 16.7 Å². The SMILES string of the molecule is COc1ccc(-c2cnc(-c3cc[n+](Cc4ccc(/C=C/c5ccccc5)cc4)cc3)o2)cc1.[Cl-]. The van der Waals surface area contributed by atoms with Gasteiger partial charge in [-0.2, -0.15) is 0 Å². The summed E-state index contributed by atoms with van der Waals surface area (Å²) < 4.78 is 13.3. The standard InChI is InChI=1S/C30H25N2O2.ClH/c1-33-28-15-13-26(14-16-28)29-21-31-30(34-29)27-17-19-32(20-18-27)22-25-11-9-24(10-12-25)8-7-23-5-3-2-4-6-23;/h2-21H,22H2,1H3;1H/q+1;/p-1/b8-7+;. The first-order valence-corrected chi connectivity index (χ1v) is 11.2. The molecule has 0 amide bonds. The van der Waals surface area contributed by atoms with Crippen LogP contribution in [0.1, 0.15) is 16.7 Å². The molecule has 0 N–H and O–H groups in total. The Balaban J connectivity index is 0.00000289. The first kappa shape index (κ1) is 24.0. The maximum Gasteiger partial charge on any atom is 0.227 e. The van der Waals surface area contributed by atoms with Crippen LogP contribution in [0.5, 0.6) is 5.75 Å². The fraction of sp³-hybridized carbons (Fsp3) is 0.0667. The molecule has 0 aliphatic rings. The van der Waals surface area contributed by atoms with Crippen LogP contribution in [0.25, 0.3) is 34.9 Å². The van der Waals surface area contributed by atoms with E-state index in [2.05, 4.69) is 70.5 Å². The van der Waals surface area contributed by atoms with Crippen LogP contribution in [0.4, 0.5) is 0 Å². The highest BCUT2D eigenvalue weighted by atomic mass is 35.5. The summed E-state index contributed by atoms with van der Waals surface area (Å²) in [6.07, 6.45) is 10.1. The molecule has 0 atom stereocenters. The van der Waals surface area contributed by atoms with Gasteiger partial charge in [0.25, 0.3) is 0 Å². The van der Waals surface area contributed by atoms with E-state index in [9.17, 15) is 0 Å². The van der Waals surface area contributed by atoms with Crippen molar-refractivity contribution < 1.29 is 26.1 Å². The molecule has 3 aromatic carbocycles. The van der Waals surface area contributed by atoms with Crippen molar-refractivity contribution in [1.82, 2.24) is 4.98 Å². The summed E-state index contributed by atoms with van der Waals surface area (Å²) in [5, 5.41) is 0. The lowest BCUT2D eigenvalue weighted by molar-refractivity contribution is -0.688. The maximum atomic E-state index is 5.99. The highest BCUT2D eigenvalue weighted by molar-refractivity contribution is 5.69. The van der Waals surface area contributed by atoms with E-state index in [-0.39, 0.29) is 12.4 Å². The number of pyridine rings is 1. The van der Waals surface area contributed by atoms with E-state index in [0.717, 1.165) is 29.2 Å². The number of oxazole rings is 1. The van der Waals surface area contributed by atoms with Crippen LogP contribution >= 0.6 is 0 Å². The normalized spacial score (nSPS) is 10.8. The van der Waals surface area contributed by atoms with Crippen molar-refractivity contribution in [1.29, 1.82) is 0 Å². The van der Waals surface area contributed by atoms with E-state index in [1.807, 2.05) is 54.6 Å². The van der Waals surface area contributed by atoms with Gasteiger partial charge in [-0.1, -0.05) is 66.7 Å². The Morgan fingerprint density at radius 1 is 0.771 bits per heavy atom. The molecule has 0 saturated carbocycles. The van der Waals surface area contributed by atoms with Gasteiger partial charge in [0.2, 0.25) is 5.89 Å². The molecular weight excluding hydrogens is 456 g/mol. The Kier molecular flexibility index (Phi) is 7.76.